The van der Waals surface area contributed by atoms with Crippen LogP contribution in [-0.4, -0.2) is 74.6 Å². The molecule has 0 saturated carbocycles. The standard InChI is InChI=1S/C19H22N4O2.C3H8O2/c1-22(2)16-6-4-15(5-7-16)19-20-14-23(21-19)17-8-10-18(11-9-17)25-13-12-24-3;1-5-3-2-4/h4-11,14H,12-13H2,1-3H3;4H,2-3H2,1H3. The maximum absolute atomic E-state index is 7.94. The highest BCUT2D eigenvalue weighted by Gasteiger charge is 2.06. The van der Waals surface area contributed by atoms with Crippen LogP contribution in [0, 0.1) is 0 Å². The Morgan fingerprint density at radius 1 is 0.900 bits per heavy atom. The molecule has 0 spiro atoms. The van der Waals surface area contributed by atoms with E-state index >= 15 is 0 Å². The summed E-state index contributed by atoms with van der Waals surface area (Å²) in [5, 5.41) is 12.5. The van der Waals surface area contributed by atoms with Crippen molar-refractivity contribution in [3.05, 3.63) is 54.9 Å². The van der Waals surface area contributed by atoms with Crippen molar-refractivity contribution < 1.29 is 19.3 Å². The summed E-state index contributed by atoms with van der Waals surface area (Å²) in [5.41, 5.74) is 3.07. The van der Waals surface area contributed by atoms with Crippen molar-refractivity contribution in [3.63, 3.8) is 0 Å². The van der Waals surface area contributed by atoms with E-state index < -0.39 is 0 Å². The van der Waals surface area contributed by atoms with Crippen LogP contribution in [0.15, 0.2) is 54.9 Å². The third-order valence-corrected chi connectivity index (χ3v) is 4.09. The number of methoxy groups -OCH3 is 2. The first kappa shape index (κ1) is 23.3. The number of aromatic nitrogens is 3. The third kappa shape index (κ3) is 7.14. The molecule has 0 saturated heterocycles. The summed E-state index contributed by atoms with van der Waals surface area (Å²) < 4.78 is 16.7. The highest BCUT2D eigenvalue weighted by Crippen LogP contribution is 2.20. The quantitative estimate of drug-likeness (QED) is 0.539. The average Bonchev–Trinajstić information content (AvgIpc) is 3.26. The maximum Gasteiger partial charge on any atom is 0.181 e. The lowest BCUT2D eigenvalue weighted by Gasteiger charge is -2.11. The van der Waals surface area contributed by atoms with Crippen LogP contribution >= 0.6 is 0 Å². The van der Waals surface area contributed by atoms with Crippen LogP contribution in [0.4, 0.5) is 5.69 Å². The van der Waals surface area contributed by atoms with E-state index in [2.05, 4.69) is 31.9 Å². The number of anilines is 1. The van der Waals surface area contributed by atoms with Crippen LogP contribution in [0.1, 0.15) is 0 Å². The number of hydrogen-bond acceptors (Lipinski definition) is 7. The van der Waals surface area contributed by atoms with Crippen molar-refractivity contribution in [2.75, 3.05) is 59.6 Å². The topological polar surface area (TPSA) is 81.9 Å². The van der Waals surface area contributed by atoms with Gasteiger partial charge in [-0.25, -0.2) is 9.67 Å². The highest BCUT2D eigenvalue weighted by atomic mass is 16.5. The van der Waals surface area contributed by atoms with Gasteiger partial charge in [0.2, 0.25) is 0 Å². The van der Waals surface area contributed by atoms with Gasteiger partial charge in [-0.1, -0.05) is 0 Å². The number of aliphatic hydroxyl groups excluding tert-OH is 1. The predicted octanol–water partition coefficient (Wildman–Crippen LogP) is 2.65. The summed E-state index contributed by atoms with van der Waals surface area (Å²) in [4.78, 5) is 6.47. The molecule has 0 aliphatic heterocycles. The van der Waals surface area contributed by atoms with E-state index in [4.69, 9.17) is 14.6 Å². The Morgan fingerprint density at radius 3 is 2.10 bits per heavy atom. The van der Waals surface area contributed by atoms with Crippen LogP contribution in [-0.2, 0) is 9.47 Å². The van der Waals surface area contributed by atoms with Gasteiger partial charge in [0.15, 0.2) is 5.82 Å². The lowest BCUT2D eigenvalue weighted by atomic mass is 10.2. The molecule has 8 nitrogen and oxygen atoms in total. The van der Waals surface area contributed by atoms with E-state index in [1.807, 2.05) is 50.5 Å². The average molecular weight is 415 g/mol. The van der Waals surface area contributed by atoms with E-state index in [0.717, 1.165) is 22.7 Å². The molecule has 0 radical (unpaired) electrons. The molecule has 2 aromatic carbocycles. The summed E-state index contributed by atoms with van der Waals surface area (Å²) in [7, 11) is 7.24. The fraction of sp³-hybridized carbons (Fsp3) is 0.364. The molecule has 1 aromatic heterocycles. The second-order valence-corrected chi connectivity index (χ2v) is 6.51. The van der Waals surface area contributed by atoms with E-state index in [0.29, 0.717) is 25.6 Å². The molecule has 3 rings (SSSR count). The fourth-order valence-corrected chi connectivity index (χ4v) is 2.46. The first-order valence-corrected chi connectivity index (χ1v) is 9.60. The highest BCUT2D eigenvalue weighted by molar-refractivity contribution is 5.60. The van der Waals surface area contributed by atoms with Crippen LogP contribution in [0.3, 0.4) is 0 Å². The lowest BCUT2D eigenvalue weighted by Crippen LogP contribution is -2.07. The van der Waals surface area contributed by atoms with E-state index in [-0.39, 0.29) is 6.61 Å². The minimum absolute atomic E-state index is 0.122. The van der Waals surface area contributed by atoms with Crippen LogP contribution in [0.5, 0.6) is 5.75 Å². The summed E-state index contributed by atoms with van der Waals surface area (Å²) in [6.07, 6.45) is 1.72. The first-order valence-electron chi connectivity index (χ1n) is 9.60. The largest absolute Gasteiger partial charge is 0.491 e. The molecule has 0 bridgehead atoms. The van der Waals surface area contributed by atoms with Gasteiger partial charge >= 0.3 is 0 Å². The van der Waals surface area contributed by atoms with Gasteiger partial charge in [-0.05, 0) is 48.5 Å². The zero-order chi connectivity index (χ0) is 21.8. The molecular formula is C22H30N4O4. The van der Waals surface area contributed by atoms with Crippen molar-refractivity contribution in [1.82, 2.24) is 14.8 Å². The number of nitrogens with zero attached hydrogens (tertiary/aromatic N) is 4. The van der Waals surface area contributed by atoms with E-state index in [9.17, 15) is 0 Å². The normalized spacial score (nSPS) is 10.3. The molecule has 8 heteroatoms. The molecule has 0 amide bonds. The van der Waals surface area contributed by atoms with Crippen molar-refractivity contribution in [2.24, 2.45) is 0 Å². The Morgan fingerprint density at radius 2 is 1.57 bits per heavy atom. The Bertz CT molecular complexity index is 846. The minimum Gasteiger partial charge on any atom is -0.491 e. The number of ether oxygens (including phenoxy) is 3. The minimum atomic E-state index is 0.122. The van der Waals surface area contributed by atoms with Gasteiger partial charge in [-0.2, -0.15) is 0 Å². The van der Waals surface area contributed by atoms with Gasteiger partial charge in [0, 0.05) is 39.6 Å². The Hall–Kier alpha value is -2.94. The molecule has 0 unspecified atom stereocenters. The SMILES string of the molecule is COCCO.COCCOc1ccc(-n2cnc(-c3ccc(N(C)C)cc3)n2)cc1. The van der Waals surface area contributed by atoms with Crippen molar-refractivity contribution in [3.8, 4) is 22.8 Å². The summed E-state index contributed by atoms with van der Waals surface area (Å²) in [5.74, 6) is 1.51. The van der Waals surface area contributed by atoms with Gasteiger partial charge in [0.1, 0.15) is 18.7 Å². The summed E-state index contributed by atoms with van der Waals surface area (Å²) in [6, 6.07) is 15.9. The fourth-order valence-electron chi connectivity index (χ4n) is 2.46. The zero-order valence-electron chi connectivity index (χ0n) is 18.0. The van der Waals surface area contributed by atoms with Gasteiger partial charge in [0.05, 0.1) is 25.5 Å². The first-order chi connectivity index (χ1) is 14.6. The summed E-state index contributed by atoms with van der Waals surface area (Å²) in [6.45, 7) is 1.67. The second kappa shape index (κ2) is 12.6. The number of hydrogen-bond donors (Lipinski definition) is 1. The molecule has 1 heterocycles. The molecule has 0 fully saturated rings. The molecule has 162 valence electrons. The third-order valence-electron chi connectivity index (χ3n) is 4.09. The molecule has 0 aliphatic rings. The molecule has 30 heavy (non-hydrogen) atoms. The molecule has 1 N–H and O–H groups in total. The molecule has 0 aliphatic carbocycles. The Labute approximate surface area is 177 Å². The molecule has 3 aromatic rings. The van der Waals surface area contributed by atoms with Gasteiger partial charge in [-0.15, -0.1) is 5.10 Å². The number of rotatable bonds is 9. The van der Waals surface area contributed by atoms with Crippen molar-refractivity contribution in [2.45, 2.75) is 0 Å². The lowest BCUT2D eigenvalue weighted by molar-refractivity contribution is 0.135. The smallest absolute Gasteiger partial charge is 0.181 e. The molecular weight excluding hydrogens is 384 g/mol. The van der Waals surface area contributed by atoms with Gasteiger partial charge < -0.3 is 24.2 Å². The van der Waals surface area contributed by atoms with E-state index in [1.165, 1.54) is 0 Å². The van der Waals surface area contributed by atoms with Crippen molar-refractivity contribution in [1.29, 1.82) is 0 Å². The van der Waals surface area contributed by atoms with Gasteiger partial charge in [-0.3, -0.25) is 0 Å². The maximum atomic E-state index is 7.94. The Balaban J connectivity index is 0.000000575. The van der Waals surface area contributed by atoms with Crippen molar-refractivity contribution >= 4 is 5.69 Å². The van der Waals surface area contributed by atoms with E-state index in [1.54, 1.807) is 25.2 Å². The number of benzene rings is 2. The van der Waals surface area contributed by atoms with Crippen LogP contribution in [0.2, 0.25) is 0 Å². The second-order valence-electron chi connectivity index (χ2n) is 6.51. The zero-order valence-corrected chi connectivity index (χ0v) is 18.0. The predicted molar refractivity (Wildman–Crippen MR) is 117 cm³/mol. The number of aliphatic hydroxyl groups is 1. The summed E-state index contributed by atoms with van der Waals surface area (Å²) >= 11 is 0. The van der Waals surface area contributed by atoms with Crippen LogP contribution in [0.25, 0.3) is 17.1 Å². The van der Waals surface area contributed by atoms with Crippen LogP contribution < -0.4 is 9.64 Å². The monoisotopic (exact) mass is 414 g/mol. The molecule has 0 atom stereocenters. The van der Waals surface area contributed by atoms with Gasteiger partial charge in [0.25, 0.3) is 0 Å². The Kier molecular flexibility index (Phi) is 9.79.